The standard InChI is InChI=1S/C24H24ClN5O3S/c1-12-9-26-19-18-14-5-8-17(29-15(14)6-7-16(18)34-20(19)21(31)28-12)33-22-13(10-27-23(25)30-22)11-32-24(2,3)4/h5-8,10,12,26H,9,11H2,1-4H3,(H,28,31)/t12-/m1/s1. The van der Waals surface area contributed by atoms with E-state index in [1.807, 2.05) is 45.9 Å². The maximum Gasteiger partial charge on any atom is 0.263 e. The first-order valence-electron chi connectivity index (χ1n) is 10.9. The van der Waals surface area contributed by atoms with Crippen LogP contribution in [-0.4, -0.2) is 39.0 Å². The van der Waals surface area contributed by atoms with E-state index in [0.717, 1.165) is 26.7 Å². The Balaban J connectivity index is 1.52. The number of nitrogens with zero attached hydrogens (tertiary/aromatic N) is 3. The molecule has 8 nitrogen and oxygen atoms in total. The molecule has 0 saturated heterocycles. The summed E-state index contributed by atoms with van der Waals surface area (Å²) in [7, 11) is 0. The summed E-state index contributed by atoms with van der Waals surface area (Å²) in [6, 6.07) is 7.70. The van der Waals surface area contributed by atoms with E-state index in [4.69, 9.17) is 26.1 Å². The van der Waals surface area contributed by atoms with Crippen molar-refractivity contribution in [2.24, 2.45) is 0 Å². The summed E-state index contributed by atoms with van der Waals surface area (Å²) < 4.78 is 12.9. The van der Waals surface area contributed by atoms with Crippen LogP contribution < -0.4 is 15.4 Å². The second kappa shape index (κ2) is 8.65. The molecule has 0 spiro atoms. The second-order valence-corrected chi connectivity index (χ2v) is 10.6. The number of rotatable bonds is 4. The SMILES string of the molecule is C[C@@H]1CNc2c(sc3ccc4nc(Oc5nc(Cl)ncc5COC(C)(C)C)ccc4c23)C(=O)N1. The lowest BCUT2D eigenvalue weighted by molar-refractivity contribution is -0.0158. The molecule has 1 atom stereocenters. The van der Waals surface area contributed by atoms with E-state index in [2.05, 4.69) is 20.6 Å². The van der Waals surface area contributed by atoms with Gasteiger partial charge in [-0.15, -0.1) is 11.3 Å². The zero-order valence-corrected chi connectivity index (χ0v) is 20.8. The molecule has 4 aromatic rings. The summed E-state index contributed by atoms with van der Waals surface area (Å²) in [5, 5.41) is 8.46. The van der Waals surface area contributed by atoms with Crippen LogP contribution in [0.3, 0.4) is 0 Å². The van der Waals surface area contributed by atoms with Crippen LogP contribution in [0, 0.1) is 0 Å². The van der Waals surface area contributed by atoms with Gasteiger partial charge in [-0.3, -0.25) is 4.79 Å². The van der Waals surface area contributed by atoms with Crippen molar-refractivity contribution >= 4 is 55.5 Å². The normalized spacial score (nSPS) is 16.1. The third-order valence-corrected chi connectivity index (χ3v) is 6.66. The summed E-state index contributed by atoms with van der Waals surface area (Å²) in [6.07, 6.45) is 1.60. The van der Waals surface area contributed by atoms with Crippen molar-refractivity contribution in [1.29, 1.82) is 0 Å². The summed E-state index contributed by atoms with van der Waals surface area (Å²) >= 11 is 7.50. The van der Waals surface area contributed by atoms with Crippen molar-refractivity contribution in [3.63, 3.8) is 0 Å². The first-order valence-corrected chi connectivity index (χ1v) is 12.1. The Morgan fingerprint density at radius 3 is 2.82 bits per heavy atom. The van der Waals surface area contributed by atoms with Gasteiger partial charge in [-0.2, -0.15) is 4.98 Å². The molecule has 0 saturated carbocycles. The van der Waals surface area contributed by atoms with Gasteiger partial charge in [0, 0.05) is 40.3 Å². The van der Waals surface area contributed by atoms with Crippen LogP contribution in [0.5, 0.6) is 11.8 Å². The maximum atomic E-state index is 12.6. The number of thiophene rings is 1. The van der Waals surface area contributed by atoms with Gasteiger partial charge in [0.1, 0.15) is 4.88 Å². The highest BCUT2D eigenvalue weighted by Gasteiger charge is 2.25. The average Bonchev–Trinajstić information content (AvgIpc) is 3.09. The number of hydrogen-bond acceptors (Lipinski definition) is 8. The van der Waals surface area contributed by atoms with Gasteiger partial charge in [0.25, 0.3) is 5.91 Å². The predicted octanol–water partition coefficient (Wildman–Crippen LogP) is 5.54. The van der Waals surface area contributed by atoms with Crippen molar-refractivity contribution in [3.8, 4) is 11.8 Å². The lowest BCUT2D eigenvalue weighted by Gasteiger charge is -2.20. The van der Waals surface area contributed by atoms with Crippen LogP contribution in [-0.2, 0) is 11.3 Å². The van der Waals surface area contributed by atoms with Gasteiger partial charge >= 0.3 is 0 Å². The van der Waals surface area contributed by atoms with Gasteiger partial charge in [0.2, 0.25) is 17.0 Å². The van der Waals surface area contributed by atoms with E-state index in [-0.39, 0.29) is 29.4 Å². The number of hydrogen-bond donors (Lipinski definition) is 2. The molecule has 1 aromatic carbocycles. The number of anilines is 1. The topological polar surface area (TPSA) is 98.3 Å². The fourth-order valence-corrected chi connectivity index (χ4v) is 4.94. The molecule has 0 radical (unpaired) electrons. The second-order valence-electron chi connectivity index (χ2n) is 9.19. The number of fused-ring (bicyclic) bond motifs is 5. The number of carbonyl (C=O) groups is 1. The molecule has 2 N–H and O–H groups in total. The first kappa shape index (κ1) is 22.8. The number of halogens is 1. The summed E-state index contributed by atoms with van der Waals surface area (Å²) in [6.45, 7) is 8.83. The summed E-state index contributed by atoms with van der Waals surface area (Å²) in [4.78, 5) is 26.3. The minimum Gasteiger partial charge on any atom is -0.420 e. The van der Waals surface area contributed by atoms with E-state index in [1.54, 1.807) is 12.3 Å². The van der Waals surface area contributed by atoms with Crippen LogP contribution >= 0.6 is 22.9 Å². The fourth-order valence-electron chi connectivity index (χ4n) is 3.72. The molecule has 4 heterocycles. The Labute approximate surface area is 205 Å². The average molecular weight is 498 g/mol. The molecule has 1 amide bonds. The number of nitrogens with one attached hydrogen (secondary N) is 2. The maximum absolute atomic E-state index is 12.6. The monoisotopic (exact) mass is 497 g/mol. The molecule has 176 valence electrons. The molecular weight excluding hydrogens is 474 g/mol. The van der Waals surface area contributed by atoms with E-state index in [0.29, 0.717) is 28.7 Å². The van der Waals surface area contributed by atoms with Crippen molar-refractivity contribution in [3.05, 3.63) is 46.2 Å². The third kappa shape index (κ3) is 4.51. The first-order chi connectivity index (χ1) is 16.2. The number of aromatic nitrogens is 3. The highest BCUT2D eigenvalue weighted by molar-refractivity contribution is 7.21. The van der Waals surface area contributed by atoms with Gasteiger partial charge in [-0.05, 0) is 57.5 Å². The van der Waals surface area contributed by atoms with Crippen LogP contribution in [0.15, 0.2) is 30.5 Å². The molecule has 1 aliphatic rings. The smallest absolute Gasteiger partial charge is 0.263 e. The Bertz CT molecular complexity index is 1420. The minimum absolute atomic E-state index is 0.0476. The van der Waals surface area contributed by atoms with E-state index in [9.17, 15) is 4.79 Å². The Hall–Kier alpha value is -3.01. The van der Waals surface area contributed by atoms with Gasteiger partial charge in [0.15, 0.2) is 0 Å². The van der Waals surface area contributed by atoms with Crippen LogP contribution in [0.2, 0.25) is 5.28 Å². The zero-order valence-electron chi connectivity index (χ0n) is 19.2. The predicted molar refractivity (Wildman–Crippen MR) is 134 cm³/mol. The van der Waals surface area contributed by atoms with E-state index >= 15 is 0 Å². The Morgan fingerprint density at radius 2 is 2.03 bits per heavy atom. The highest BCUT2D eigenvalue weighted by Crippen LogP contribution is 2.41. The van der Waals surface area contributed by atoms with Gasteiger partial charge < -0.3 is 20.1 Å². The fraction of sp³-hybridized carbons (Fsp3) is 0.333. The number of pyridine rings is 1. The minimum atomic E-state index is -0.329. The largest absolute Gasteiger partial charge is 0.420 e. The number of carbonyl (C=O) groups excluding carboxylic acids is 1. The molecule has 3 aromatic heterocycles. The zero-order chi connectivity index (χ0) is 24.0. The van der Waals surface area contributed by atoms with Gasteiger partial charge in [-0.25, -0.2) is 9.97 Å². The van der Waals surface area contributed by atoms with Gasteiger partial charge in [-0.1, -0.05) is 0 Å². The molecule has 5 rings (SSSR count). The number of benzene rings is 1. The highest BCUT2D eigenvalue weighted by atomic mass is 35.5. The summed E-state index contributed by atoms with van der Waals surface area (Å²) in [5.41, 5.74) is 1.94. The molecule has 34 heavy (non-hydrogen) atoms. The molecule has 0 unspecified atom stereocenters. The molecule has 0 aliphatic carbocycles. The van der Waals surface area contributed by atoms with Crippen LogP contribution in [0.25, 0.3) is 21.0 Å². The van der Waals surface area contributed by atoms with Crippen LogP contribution in [0.1, 0.15) is 42.9 Å². The molecule has 0 fully saturated rings. The van der Waals surface area contributed by atoms with E-state index < -0.39 is 0 Å². The van der Waals surface area contributed by atoms with Gasteiger partial charge in [0.05, 0.1) is 29.0 Å². The number of amides is 1. The van der Waals surface area contributed by atoms with Crippen molar-refractivity contribution in [1.82, 2.24) is 20.3 Å². The lowest BCUT2D eigenvalue weighted by Crippen LogP contribution is -2.34. The van der Waals surface area contributed by atoms with Crippen molar-refractivity contribution in [2.75, 3.05) is 11.9 Å². The molecule has 0 bridgehead atoms. The summed E-state index contributed by atoms with van der Waals surface area (Å²) in [5.74, 6) is 0.619. The Morgan fingerprint density at radius 1 is 1.21 bits per heavy atom. The van der Waals surface area contributed by atoms with Crippen molar-refractivity contribution < 1.29 is 14.3 Å². The quantitative estimate of drug-likeness (QED) is 0.357. The van der Waals surface area contributed by atoms with E-state index in [1.165, 1.54) is 11.3 Å². The molecule has 10 heteroatoms. The Kier molecular flexibility index (Phi) is 5.79. The van der Waals surface area contributed by atoms with Crippen molar-refractivity contribution in [2.45, 2.75) is 45.9 Å². The van der Waals surface area contributed by atoms with Crippen LogP contribution in [0.4, 0.5) is 5.69 Å². The number of ether oxygens (including phenoxy) is 2. The molecule has 1 aliphatic heterocycles. The molecular formula is C24H24ClN5O3S. The third-order valence-electron chi connectivity index (χ3n) is 5.32. The lowest BCUT2D eigenvalue weighted by atomic mass is 10.1.